The lowest BCUT2D eigenvalue weighted by atomic mass is 9.84. The number of nitrogens with two attached hydrogens (primary N) is 1. The highest BCUT2D eigenvalue weighted by Crippen LogP contribution is 2.47. The van der Waals surface area contributed by atoms with E-state index in [-0.39, 0.29) is 23.8 Å². The molecule has 2 saturated carbocycles. The number of nitrogens with one attached hydrogen (secondary N) is 2. The summed E-state index contributed by atoms with van der Waals surface area (Å²) in [4.78, 5) is 22.6. The number of hydrogen-bond acceptors (Lipinski definition) is 3. The molecule has 2 aliphatic rings. The van der Waals surface area contributed by atoms with Crippen molar-refractivity contribution >= 4 is 11.8 Å². The average molecular weight is 239 g/mol. The maximum absolute atomic E-state index is 12.0. The van der Waals surface area contributed by atoms with Crippen LogP contribution >= 0.6 is 0 Å². The molecule has 5 nitrogen and oxygen atoms in total. The van der Waals surface area contributed by atoms with Gasteiger partial charge in [-0.1, -0.05) is 0 Å². The first-order valence-electron chi connectivity index (χ1n) is 6.37. The average Bonchev–Trinajstić information content (AvgIpc) is 2.84. The molecule has 2 aliphatic carbocycles. The van der Waals surface area contributed by atoms with Gasteiger partial charge in [0.1, 0.15) is 0 Å². The van der Waals surface area contributed by atoms with Crippen LogP contribution in [0.3, 0.4) is 0 Å². The third-order valence-electron chi connectivity index (χ3n) is 4.08. The van der Waals surface area contributed by atoms with Gasteiger partial charge in [0.05, 0.1) is 5.92 Å². The van der Waals surface area contributed by atoms with E-state index >= 15 is 0 Å². The predicted octanol–water partition coefficient (Wildman–Crippen LogP) is -0.388. The van der Waals surface area contributed by atoms with Crippen molar-refractivity contribution in [3.63, 3.8) is 0 Å². The number of rotatable bonds is 4. The van der Waals surface area contributed by atoms with E-state index in [4.69, 9.17) is 5.73 Å². The first-order chi connectivity index (χ1) is 8.09. The molecule has 4 atom stereocenters. The Morgan fingerprint density at radius 3 is 2.41 bits per heavy atom. The lowest BCUT2D eigenvalue weighted by Crippen LogP contribution is -2.46. The summed E-state index contributed by atoms with van der Waals surface area (Å²) in [7, 11) is 0. The van der Waals surface area contributed by atoms with Gasteiger partial charge in [0, 0.05) is 26.1 Å². The van der Waals surface area contributed by atoms with Crippen molar-refractivity contribution in [3.05, 3.63) is 0 Å². The molecule has 0 aromatic rings. The van der Waals surface area contributed by atoms with Crippen molar-refractivity contribution in [2.45, 2.75) is 32.2 Å². The van der Waals surface area contributed by atoms with Gasteiger partial charge < -0.3 is 16.4 Å². The van der Waals surface area contributed by atoms with Crippen LogP contribution in [0.2, 0.25) is 0 Å². The molecule has 2 bridgehead atoms. The Labute approximate surface area is 102 Å². The van der Waals surface area contributed by atoms with Crippen LogP contribution < -0.4 is 16.4 Å². The lowest BCUT2D eigenvalue weighted by Gasteiger charge is -2.27. The molecule has 2 amide bonds. The fourth-order valence-corrected chi connectivity index (χ4v) is 3.27. The zero-order chi connectivity index (χ0) is 12.4. The van der Waals surface area contributed by atoms with E-state index in [1.54, 1.807) is 0 Å². The molecule has 2 rings (SSSR count). The largest absolute Gasteiger partial charge is 0.355 e. The molecule has 0 radical (unpaired) electrons. The summed E-state index contributed by atoms with van der Waals surface area (Å²) < 4.78 is 0. The molecule has 4 N–H and O–H groups in total. The lowest BCUT2D eigenvalue weighted by molar-refractivity contribution is -0.127. The van der Waals surface area contributed by atoms with Crippen molar-refractivity contribution in [2.24, 2.45) is 23.5 Å². The summed E-state index contributed by atoms with van der Waals surface area (Å²) in [5, 5.41) is 5.51. The van der Waals surface area contributed by atoms with Gasteiger partial charge in [0.2, 0.25) is 11.8 Å². The highest BCUT2D eigenvalue weighted by atomic mass is 16.2. The summed E-state index contributed by atoms with van der Waals surface area (Å²) in [6.45, 7) is 2.43. The fraction of sp³-hybridized carbons (Fsp3) is 0.833. The number of fused-ring (bicyclic) bond motifs is 2. The zero-order valence-electron chi connectivity index (χ0n) is 10.2. The van der Waals surface area contributed by atoms with Crippen LogP contribution in [-0.2, 0) is 9.59 Å². The van der Waals surface area contributed by atoms with E-state index in [0.717, 1.165) is 12.8 Å². The molecule has 4 unspecified atom stereocenters. The van der Waals surface area contributed by atoms with Gasteiger partial charge in [0.15, 0.2) is 0 Å². The first-order valence-corrected chi connectivity index (χ1v) is 6.37. The maximum Gasteiger partial charge on any atom is 0.225 e. The van der Waals surface area contributed by atoms with Crippen LogP contribution in [0.25, 0.3) is 0 Å². The van der Waals surface area contributed by atoms with E-state index in [9.17, 15) is 9.59 Å². The van der Waals surface area contributed by atoms with Gasteiger partial charge in [-0.2, -0.15) is 0 Å². The summed E-state index contributed by atoms with van der Waals surface area (Å²) in [5.74, 6) is 1.01. The minimum absolute atomic E-state index is 0.00826. The van der Waals surface area contributed by atoms with Crippen LogP contribution in [0.4, 0.5) is 0 Å². The van der Waals surface area contributed by atoms with Gasteiger partial charge in [-0.15, -0.1) is 0 Å². The summed E-state index contributed by atoms with van der Waals surface area (Å²) in [5.41, 5.74) is 6.09. The molecule has 0 saturated heterocycles. The van der Waals surface area contributed by atoms with Crippen molar-refractivity contribution in [1.29, 1.82) is 0 Å². The molecule has 17 heavy (non-hydrogen) atoms. The third kappa shape index (κ3) is 2.60. The molecule has 5 heteroatoms. The van der Waals surface area contributed by atoms with Crippen molar-refractivity contribution in [2.75, 3.05) is 13.1 Å². The minimum Gasteiger partial charge on any atom is -0.355 e. The van der Waals surface area contributed by atoms with E-state index in [1.807, 2.05) is 0 Å². The number of carbonyl (C=O) groups is 2. The van der Waals surface area contributed by atoms with Gasteiger partial charge in [-0.05, 0) is 31.1 Å². The van der Waals surface area contributed by atoms with Gasteiger partial charge in [-0.25, -0.2) is 0 Å². The van der Waals surface area contributed by atoms with E-state index in [0.29, 0.717) is 24.9 Å². The summed E-state index contributed by atoms with van der Waals surface area (Å²) in [6, 6.07) is 0.0366. The van der Waals surface area contributed by atoms with Crippen LogP contribution in [0.1, 0.15) is 26.2 Å². The fourth-order valence-electron chi connectivity index (χ4n) is 3.27. The first kappa shape index (κ1) is 12.4. The molecule has 2 fully saturated rings. The maximum atomic E-state index is 12.0. The second-order valence-corrected chi connectivity index (χ2v) is 5.21. The Kier molecular flexibility index (Phi) is 3.66. The molecule has 0 aliphatic heterocycles. The van der Waals surface area contributed by atoms with Crippen molar-refractivity contribution in [3.8, 4) is 0 Å². The van der Waals surface area contributed by atoms with Gasteiger partial charge in [0.25, 0.3) is 0 Å². The molecular formula is C12H21N3O2. The van der Waals surface area contributed by atoms with Gasteiger partial charge in [-0.3, -0.25) is 9.59 Å². The molecular weight excluding hydrogens is 218 g/mol. The molecule has 0 spiro atoms. The number of amides is 2. The Bertz CT molecular complexity index is 317. The highest BCUT2D eigenvalue weighted by Gasteiger charge is 2.48. The Hall–Kier alpha value is -1.10. The molecule has 0 aromatic heterocycles. The molecule has 0 aromatic carbocycles. The predicted molar refractivity (Wildman–Crippen MR) is 64.0 cm³/mol. The van der Waals surface area contributed by atoms with Gasteiger partial charge >= 0.3 is 0 Å². The van der Waals surface area contributed by atoms with E-state index in [1.165, 1.54) is 13.3 Å². The quantitative estimate of drug-likeness (QED) is 0.584. The molecule has 96 valence electrons. The van der Waals surface area contributed by atoms with Crippen molar-refractivity contribution in [1.82, 2.24) is 10.6 Å². The van der Waals surface area contributed by atoms with Crippen LogP contribution in [0.5, 0.6) is 0 Å². The topological polar surface area (TPSA) is 84.2 Å². The smallest absolute Gasteiger partial charge is 0.225 e. The second-order valence-electron chi connectivity index (χ2n) is 5.21. The molecule has 0 heterocycles. The summed E-state index contributed by atoms with van der Waals surface area (Å²) in [6.07, 6.45) is 3.44. The monoisotopic (exact) mass is 239 g/mol. The van der Waals surface area contributed by atoms with Crippen LogP contribution in [-0.4, -0.2) is 30.9 Å². The van der Waals surface area contributed by atoms with Crippen molar-refractivity contribution < 1.29 is 9.59 Å². The van der Waals surface area contributed by atoms with Crippen LogP contribution in [0.15, 0.2) is 0 Å². The highest BCUT2D eigenvalue weighted by molar-refractivity contribution is 5.80. The Morgan fingerprint density at radius 2 is 1.82 bits per heavy atom. The SMILES string of the molecule is CC(=O)NCCNC(=O)C1C2CCC(C2)C1N. The number of carbonyl (C=O) groups excluding carboxylic acids is 2. The number of hydrogen-bond donors (Lipinski definition) is 3. The van der Waals surface area contributed by atoms with Crippen LogP contribution in [0, 0.1) is 17.8 Å². The second kappa shape index (κ2) is 5.04. The van der Waals surface area contributed by atoms with E-state index < -0.39 is 0 Å². The Balaban J connectivity index is 1.75. The summed E-state index contributed by atoms with van der Waals surface area (Å²) >= 11 is 0. The third-order valence-corrected chi connectivity index (χ3v) is 4.08. The standard InChI is InChI=1S/C12H21N3O2/c1-7(16)14-4-5-15-12(17)10-8-2-3-9(6-8)11(10)13/h8-11H,2-6,13H2,1H3,(H,14,16)(H,15,17). The Morgan fingerprint density at radius 1 is 1.18 bits per heavy atom. The normalized spacial score (nSPS) is 34.7. The van der Waals surface area contributed by atoms with E-state index in [2.05, 4.69) is 10.6 Å². The minimum atomic E-state index is -0.0733. The zero-order valence-corrected chi connectivity index (χ0v) is 10.2.